The first-order chi connectivity index (χ1) is 7.43. The summed E-state index contributed by atoms with van der Waals surface area (Å²) in [5, 5.41) is 0. The molecule has 98 valence electrons. The Balaban J connectivity index is 0.000000304. The van der Waals surface area contributed by atoms with Gasteiger partial charge in [-0.25, -0.2) is 0 Å². The predicted molar refractivity (Wildman–Crippen MR) is 60.8 cm³/mol. The van der Waals surface area contributed by atoms with E-state index >= 15 is 0 Å². The minimum atomic E-state index is -5.84. The van der Waals surface area contributed by atoms with Gasteiger partial charge < -0.3 is 0 Å². The Kier molecular flexibility index (Phi) is 5.50. The van der Waals surface area contributed by atoms with Gasteiger partial charge in [-0.3, -0.25) is 4.55 Å². The average molecular weight is 288 g/mol. The Hall–Kier alpha value is -0.730. The minimum absolute atomic E-state index is 1.05. The molecule has 0 aromatic heterocycles. The van der Waals surface area contributed by atoms with Crippen molar-refractivity contribution in [2.45, 2.75) is 24.3 Å². The van der Waals surface area contributed by atoms with Crippen molar-refractivity contribution < 1.29 is 26.1 Å². The highest BCUT2D eigenvalue weighted by Gasteiger charge is 2.44. The number of hydrogen-bond donors (Lipinski definition) is 2. The number of alkyl halides is 3. The van der Waals surface area contributed by atoms with E-state index in [1.165, 1.54) is 11.1 Å². The molecule has 0 aliphatic rings. The number of benzene rings is 1. The van der Waals surface area contributed by atoms with E-state index in [1.807, 2.05) is 0 Å². The lowest BCUT2D eigenvalue weighted by molar-refractivity contribution is -0.0510. The van der Waals surface area contributed by atoms with Crippen LogP contribution in [0.25, 0.3) is 0 Å². The van der Waals surface area contributed by atoms with Gasteiger partial charge in [-0.2, -0.15) is 21.6 Å². The van der Waals surface area contributed by atoms with Crippen LogP contribution in [-0.2, 0) is 10.1 Å². The summed E-state index contributed by atoms with van der Waals surface area (Å²) in [5.41, 5.74) is -2.98. The van der Waals surface area contributed by atoms with Gasteiger partial charge in [0.25, 0.3) is 0 Å². The second-order valence-corrected chi connectivity index (χ2v) is 5.20. The minimum Gasteiger partial charge on any atom is -0.279 e. The fourth-order valence-electron chi connectivity index (χ4n) is 0.951. The summed E-state index contributed by atoms with van der Waals surface area (Å²) >= 11 is 4.22. The van der Waals surface area contributed by atoms with E-state index in [0.717, 1.165) is 4.90 Å². The van der Waals surface area contributed by atoms with Crippen LogP contribution in [0.15, 0.2) is 23.1 Å². The summed E-state index contributed by atoms with van der Waals surface area (Å²) in [4.78, 5) is 1.05. The molecule has 0 fully saturated rings. The molecule has 0 radical (unpaired) electrons. The zero-order chi connectivity index (χ0) is 13.9. The van der Waals surface area contributed by atoms with E-state index in [0.29, 0.717) is 0 Å². The average Bonchev–Trinajstić information content (AvgIpc) is 1.96. The monoisotopic (exact) mass is 288 g/mol. The molecule has 17 heavy (non-hydrogen) atoms. The third-order valence-electron chi connectivity index (χ3n) is 1.50. The second kappa shape index (κ2) is 5.74. The standard InChI is InChI=1S/C8H10S.CHF3O3S/c1-6-3-7(2)5-8(9)4-6;2-1(3,4)8(5,6)7/h3-5,9H,1-2H3;(H,5,6,7). The van der Waals surface area contributed by atoms with E-state index in [9.17, 15) is 13.2 Å². The zero-order valence-corrected chi connectivity index (χ0v) is 10.7. The van der Waals surface area contributed by atoms with Crippen LogP contribution in [0.1, 0.15) is 11.1 Å². The molecule has 0 spiro atoms. The maximum absolute atomic E-state index is 10.7. The van der Waals surface area contributed by atoms with Gasteiger partial charge in [0.1, 0.15) is 0 Å². The van der Waals surface area contributed by atoms with Gasteiger partial charge in [0.05, 0.1) is 0 Å². The van der Waals surface area contributed by atoms with Crippen molar-refractivity contribution in [1.82, 2.24) is 0 Å². The molecule has 1 N–H and O–H groups in total. The molecule has 0 amide bonds. The van der Waals surface area contributed by atoms with Gasteiger partial charge in [-0.1, -0.05) is 6.07 Å². The Morgan fingerprint density at radius 2 is 1.41 bits per heavy atom. The molecule has 0 atom stereocenters. The highest BCUT2D eigenvalue weighted by molar-refractivity contribution is 7.86. The molecule has 0 unspecified atom stereocenters. The fourth-order valence-corrected chi connectivity index (χ4v) is 1.36. The SMILES string of the molecule is Cc1cc(C)cc(S)c1.O=S(=O)(O)C(F)(F)F. The predicted octanol–water partition coefficient (Wildman–Crippen LogP) is 2.99. The number of halogens is 3. The molecule has 0 aliphatic carbocycles. The maximum atomic E-state index is 10.7. The van der Waals surface area contributed by atoms with E-state index in [4.69, 9.17) is 13.0 Å². The Labute approximate surface area is 103 Å². The molecule has 3 nitrogen and oxygen atoms in total. The van der Waals surface area contributed by atoms with E-state index in [2.05, 4.69) is 44.7 Å². The summed E-state index contributed by atoms with van der Waals surface area (Å²) in [5.74, 6) is 0. The molecular weight excluding hydrogens is 277 g/mol. The summed E-state index contributed by atoms with van der Waals surface area (Å²) < 4.78 is 57.5. The van der Waals surface area contributed by atoms with Crippen molar-refractivity contribution in [1.29, 1.82) is 0 Å². The number of rotatable bonds is 0. The Bertz CT molecular complexity index is 430. The smallest absolute Gasteiger partial charge is 0.279 e. The first kappa shape index (κ1) is 16.3. The van der Waals surface area contributed by atoms with Crippen LogP contribution < -0.4 is 0 Å². The third-order valence-corrected chi connectivity index (χ3v) is 2.34. The van der Waals surface area contributed by atoms with Gasteiger partial charge in [-0.15, -0.1) is 12.6 Å². The normalized spacial score (nSPS) is 11.7. The lowest BCUT2D eigenvalue weighted by Crippen LogP contribution is -2.21. The largest absolute Gasteiger partial charge is 0.522 e. The molecule has 1 aromatic rings. The molecule has 0 saturated heterocycles. The topological polar surface area (TPSA) is 54.4 Å². The summed E-state index contributed by atoms with van der Waals surface area (Å²) in [6.45, 7) is 4.15. The molecule has 0 aliphatic heterocycles. The van der Waals surface area contributed by atoms with Crippen molar-refractivity contribution in [3.63, 3.8) is 0 Å². The van der Waals surface area contributed by atoms with E-state index < -0.39 is 15.6 Å². The van der Waals surface area contributed by atoms with E-state index in [-0.39, 0.29) is 0 Å². The van der Waals surface area contributed by atoms with Gasteiger partial charge >= 0.3 is 15.6 Å². The van der Waals surface area contributed by atoms with Crippen molar-refractivity contribution >= 4 is 22.7 Å². The molecule has 1 rings (SSSR count). The Morgan fingerprint density at radius 3 is 1.59 bits per heavy atom. The Morgan fingerprint density at radius 1 is 1.12 bits per heavy atom. The second-order valence-electron chi connectivity index (χ2n) is 3.27. The van der Waals surface area contributed by atoms with Crippen LogP contribution in [0.3, 0.4) is 0 Å². The van der Waals surface area contributed by atoms with Crippen molar-refractivity contribution in [3.05, 3.63) is 29.3 Å². The highest BCUT2D eigenvalue weighted by Crippen LogP contribution is 2.20. The quantitative estimate of drug-likeness (QED) is 0.438. The maximum Gasteiger partial charge on any atom is 0.522 e. The molecule has 0 saturated carbocycles. The van der Waals surface area contributed by atoms with Crippen molar-refractivity contribution in [3.8, 4) is 0 Å². The number of hydrogen-bond acceptors (Lipinski definition) is 3. The highest BCUT2D eigenvalue weighted by atomic mass is 32.2. The molecule has 8 heteroatoms. The lowest BCUT2D eigenvalue weighted by atomic mass is 10.2. The molecule has 0 bridgehead atoms. The van der Waals surface area contributed by atoms with Crippen LogP contribution in [0.4, 0.5) is 13.2 Å². The summed E-state index contributed by atoms with van der Waals surface area (Å²) in [6, 6.07) is 6.24. The summed E-state index contributed by atoms with van der Waals surface area (Å²) in [6.07, 6.45) is 0. The first-order valence-electron chi connectivity index (χ1n) is 4.24. The van der Waals surface area contributed by atoms with Gasteiger partial charge in [-0.05, 0) is 37.1 Å². The lowest BCUT2D eigenvalue weighted by Gasteiger charge is -1.97. The molecule has 0 heterocycles. The van der Waals surface area contributed by atoms with Gasteiger partial charge in [0.2, 0.25) is 0 Å². The van der Waals surface area contributed by atoms with Crippen molar-refractivity contribution in [2.75, 3.05) is 0 Å². The first-order valence-corrected chi connectivity index (χ1v) is 6.13. The zero-order valence-electron chi connectivity index (χ0n) is 8.99. The third kappa shape index (κ3) is 6.54. The number of thiol groups is 1. The summed E-state index contributed by atoms with van der Waals surface area (Å²) in [7, 11) is -5.84. The van der Waals surface area contributed by atoms with Crippen LogP contribution in [0, 0.1) is 13.8 Å². The van der Waals surface area contributed by atoms with Gasteiger partial charge in [0, 0.05) is 4.90 Å². The molecule has 1 aromatic carbocycles. The molecular formula is C9H11F3O3S2. The van der Waals surface area contributed by atoms with E-state index in [1.54, 1.807) is 0 Å². The fraction of sp³-hybridized carbons (Fsp3) is 0.333. The van der Waals surface area contributed by atoms with Crippen LogP contribution in [-0.4, -0.2) is 18.5 Å². The van der Waals surface area contributed by atoms with Crippen molar-refractivity contribution in [2.24, 2.45) is 0 Å². The van der Waals surface area contributed by atoms with Crippen LogP contribution >= 0.6 is 12.6 Å². The number of aryl methyl sites for hydroxylation is 2. The van der Waals surface area contributed by atoms with Crippen LogP contribution in [0.5, 0.6) is 0 Å². The van der Waals surface area contributed by atoms with Crippen LogP contribution in [0.2, 0.25) is 0 Å². The van der Waals surface area contributed by atoms with Gasteiger partial charge in [0.15, 0.2) is 0 Å².